The van der Waals surface area contributed by atoms with Crippen molar-refractivity contribution < 1.29 is 9.59 Å². The number of hydrogen-bond acceptors (Lipinski definition) is 4. The molecule has 0 saturated carbocycles. The van der Waals surface area contributed by atoms with E-state index in [1.807, 2.05) is 86.6 Å². The van der Waals surface area contributed by atoms with Crippen LogP contribution in [-0.4, -0.2) is 35.7 Å². The topological polar surface area (TPSA) is 79.3 Å². The number of hydrazine groups is 1. The van der Waals surface area contributed by atoms with Gasteiger partial charge in [0.1, 0.15) is 5.69 Å². The monoisotopic (exact) mass is 439 g/mol. The van der Waals surface area contributed by atoms with Crippen LogP contribution in [0.3, 0.4) is 0 Å². The standard InChI is InChI=1S/C26H25N5O2/c1-18-10-7-8-15-22(18)24-23(17-31(29-24)20-12-5-4-6-13-20)26(33)28-27-25(32)19-11-9-14-21(16-19)30(2)3/h4-17H,1-3H3,(H,27,32)(H,28,33). The third-order valence-electron chi connectivity index (χ3n) is 5.29. The van der Waals surface area contributed by atoms with Gasteiger partial charge in [0.15, 0.2) is 0 Å². The Hall–Kier alpha value is -4.39. The highest BCUT2D eigenvalue weighted by Crippen LogP contribution is 2.26. The minimum Gasteiger partial charge on any atom is -0.378 e. The lowest BCUT2D eigenvalue weighted by atomic mass is 10.0. The lowest BCUT2D eigenvalue weighted by molar-refractivity contribution is 0.0847. The Morgan fingerprint density at radius 1 is 0.848 bits per heavy atom. The first-order chi connectivity index (χ1) is 15.9. The number of nitrogens with zero attached hydrogens (tertiary/aromatic N) is 3. The molecule has 0 radical (unpaired) electrons. The van der Waals surface area contributed by atoms with Gasteiger partial charge < -0.3 is 4.90 Å². The predicted octanol–water partition coefficient (Wildman–Crippen LogP) is 3.99. The van der Waals surface area contributed by atoms with Gasteiger partial charge in [0.05, 0.1) is 11.3 Å². The zero-order valence-electron chi connectivity index (χ0n) is 18.7. The number of aryl methyl sites for hydroxylation is 1. The molecule has 0 aliphatic carbocycles. The number of para-hydroxylation sites is 1. The summed E-state index contributed by atoms with van der Waals surface area (Å²) >= 11 is 0. The van der Waals surface area contributed by atoms with Crippen LogP contribution in [0.4, 0.5) is 5.69 Å². The average Bonchev–Trinajstić information content (AvgIpc) is 3.28. The fourth-order valence-corrected chi connectivity index (χ4v) is 3.47. The Bertz CT molecular complexity index is 1300. The van der Waals surface area contributed by atoms with Crippen LogP contribution in [0.2, 0.25) is 0 Å². The first kappa shape index (κ1) is 21.8. The molecular weight excluding hydrogens is 414 g/mol. The molecule has 0 saturated heterocycles. The molecule has 33 heavy (non-hydrogen) atoms. The highest BCUT2D eigenvalue weighted by Gasteiger charge is 2.20. The number of carbonyl (C=O) groups excluding carboxylic acids is 2. The number of amides is 2. The summed E-state index contributed by atoms with van der Waals surface area (Å²) in [5.41, 5.74) is 9.95. The molecule has 1 aromatic heterocycles. The smallest absolute Gasteiger partial charge is 0.273 e. The van der Waals surface area contributed by atoms with Crippen LogP contribution < -0.4 is 15.8 Å². The van der Waals surface area contributed by atoms with Gasteiger partial charge in [-0.05, 0) is 42.8 Å². The molecule has 0 atom stereocenters. The molecule has 3 aromatic carbocycles. The Balaban J connectivity index is 1.61. The average molecular weight is 440 g/mol. The third-order valence-corrected chi connectivity index (χ3v) is 5.29. The number of rotatable bonds is 5. The molecule has 4 aromatic rings. The van der Waals surface area contributed by atoms with Crippen LogP contribution in [0.15, 0.2) is 85.1 Å². The second-order valence-electron chi connectivity index (χ2n) is 7.84. The molecule has 0 aliphatic rings. The second-order valence-corrected chi connectivity index (χ2v) is 7.84. The Morgan fingerprint density at radius 3 is 2.27 bits per heavy atom. The Morgan fingerprint density at radius 2 is 1.55 bits per heavy atom. The minimum atomic E-state index is -0.451. The predicted molar refractivity (Wildman–Crippen MR) is 129 cm³/mol. The van der Waals surface area contributed by atoms with E-state index in [-0.39, 0.29) is 0 Å². The van der Waals surface area contributed by atoms with E-state index in [0.29, 0.717) is 16.8 Å². The Kier molecular flexibility index (Phi) is 6.22. The third kappa shape index (κ3) is 4.77. The van der Waals surface area contributed by atoms with Crippen molar-refractivity contribution in [2.24, 2.45) is 0 Å². The molecule has 4 rings (SSSR count). The highest BCUT2D eigenvalue weighted by molar-refractivity contribution is 6.02. The van der Waals surface area contributed by atoms with E-state index in [4.69, 9.17) is 0 Å². The fraction of sp³-hybridized carbons (Fsp3) is 0.115. The summed E-state index contributed by atoms with van der Waals surface area (Å²) < 4.78 is 1.67. The first-order valence-corrected chi connectivity index (χ1v) is 10.5. The van der Waals surface area contributed by atoms with E-state index in [9.17, 15) is 9.59 Å². The van der Waals surface area contributed by atoms with Gasteiger partial charge in [-0.25, -0.2) is 4.68 Å². The minimum absolute atomic E-state index is 0.357. The molecule has 0 fully saturated rings. The van der Waals surface area contributed by atoms with Crippen molar-refractivity contribution in [2.45, 2.75) is 6.92 Å². The van der Waals surface area contributed by atoms with E-state index in [2.05, 4.69) is 16.0 Å². The lowest BCUT2D eigenvalue weighted by Gasteiger charge is -2.13. The largest absolute Gasteiger partial charge is 0.378 e. The summed E-state index contributed by atoms with van der Waals surface area (Å²) in [5, 5.41) is 4.69. The highest BCUT2D eigenvalue weighted by atomic mass is 16.2. The maximum atomic E-state index is 13.1. The SMILES string of the molecule is Cc1ccccc1-c1nn(-c2ccccc2)cc1C(=O)NNC(=O)c1cccc(N(C)C)c1. The van der Waals surface area contributed by atoms with Crippen LogP contribution in [0.1, 0.15) is 26.3 Å². The first-order valence-electron chi connectivity index (χ1n) is 10.5. The van der Waals surface area contributed by atoms with Crippen LogP contribution in [0.25, 0.3) is 16.9 Å². The van der Waals surface area contributed by atoms with Crippen molar-refractivity contribution in [1.82, 2.24) is 20.6 Å². The Labute approximate surface area is 192 Å². The molecular formula is C26H25N5O2. The number of carbonyl (C=O) groups is 2. The van der Waals surface area contributed by atoms with Gasteiger partial charge in [0.25, 0.3) is 11.8 Å². The van der Waals surface area contributed by atoms with Crippen LogP contribution >= 0.6 is 0 Å². The summed E-state index contributed by atoms with van der Waals surface area (Å²) in [6.45, 7) is 1.97. The fourth-order valence-electron chi connectivity index (χ4n) is 3.47. The molecule has 7 nitrogen and oxygen atoms in total. The van der Waals surface area contributed by atoms with Crippen molar-refractivity contribution in [2.75, 3.05) is 19.0 Å². The van der Waals surface area contributed by atoms with E-state index >= 15 is 0 Å². The van der Waals surface area contributed by atoms with Gasteiger partial charge >= 0.3 is 0 Å². The molecule has 166 valence electrons. The van der Waals surface area contributed by atoms with Crippen molar-refractivity contribution >= 4 is 17.5 Å². The summed E-state index contributed by atoms with van der Waals surface area (Å²) in [7, 11) is 3.80. The van der Waals surface area contributed by atoms with Gasteiger partial charge in [-0.2, -0.15) is 5.10 Å². The molecule has 0 spiro atoms. The van der Waals surface area contributed by atoms with Crippen LogP contribution in [-0.2, 0) is 0 Å². The molecule has 0 aliphatic heterocycles. The molecule has 7 heteroatoms. The summed E-state index contributed by atoms with van der Waals surface area (Å²) in [6, 6.07) is 24.5. The normalized spacial score (nSPS) is 10.5. The molecule has 2 N–H and O–H groups in total. The zero-order chi connectivity index (χ0) is 23.4. The van der Waals surface area contributed by atoms with Crippen molar-refractivity contribution in [1.29, 1.82) is 0 Å². The molecule has 1 heterocycles. The maximum absolute atomic E-state index is 13.1. The van der Waals surface area contributed by atoms with E-state index in [1.54, 1.807) is 29.1 Å². The summed E-state index contributed by atoms with van der Waals surface area (Å²) in [5.74, 6) is -0.854. The zero-order valence-corrected chi connectivity index (χ0v) is 18.7. The lowest BCUT2D eigenvalue weighted by Crippen LogP contribution is -2.41. The number of benzene rings is 3. The second kappa shape index (κ2) is 9.40. The molecule has 0 bridgehead atoms. The molecule has 0 unspecified atom stereocenters. The van der Waals surface area contributed by atoms with Gasteiger partial charge in [0, 0.05) is 37.1 Å². The summed E-state index contributed by atoms with van der Waals surface area (Å²) in [4.78, 5) is 27.6. The van der Waals surface area contributed by atoms with Crippen LogP contribution in [0.5, 0.6) is 0 Å². The van der Waals surface area contributed by atoms with E-state index in [0.717, 1.165) is 22.5 Å². The number of aromatic nitrogens is 2. The summed E-state index contributed by atoms with van der Waals surface area (Å²) in [6.07, 6.45) is 1.67. The van der Waals surface area contributed by atoms with Crippen molar-refractivity contribution in [3.8, 4) is 16.9 Å². The van der Waals surface area contributed by atoms with Crippen LogP contribution in [0, 0.1) is 6.92 Å². The van der Waals surface area contributed by atoms with E-state index in [1.165, 1.54) is 0 Å². The van der Waals surface area contributed by atoms with Gasteiger partial charge in [-0.15, -0.1) is 0 Å². The molecule has 2 amide bonds. The quantitative estimate of drug-likeness (QED) is 0.461. The van der Waals surface area contributed by atoms with Gasteiger partial charge in [-0.3, -0.25) is 20.4 Å². The van der Waals surface area contributed by atoms with Gasteiger partial charge in [0.2, 0.25) is 0 Å². The van der Waals surface area contributed by atoms with Gasteiger partial charge in [-0.1, -0.05) is 48.5 Å². The maximum Gasteiger partial charge on any atom is 0.273 e. The van der Waals surface area contributed by atoms with Crippen molar-refractivity contribution in [3.63, 3.8) is 0 Å². The number of hydrogen-bond donors (Lipinski definition) is 2. The number of nitrogens with one attached hydrogen (secondary N) is 2. The number of anilines is 1. The van der Waals surface area contributed by atoms with Crippen molar-refractivity contribution in [3.05, 3.63) is 102 Å². The van der Waals surface area contributed by atoms with E-state index < -0.39 is 11.8 Å².